The summed E-state index contributed by atoms with van der Waals surface area (Å²) in [5, 5.41) is 0. The zero-order chi connectivity index (χ0) is 13.6. The fraction of sp³-hybridized carbons (Fsp3) is 0.154. The van der Waals surface area contributed by atoms with Crippen molar-refractivity contribution in [3.8, 4) is 0 Å². The number of nitrogens with zero attached hydrogens (tertiary/aromatic N) is 1. The van der Waals surface area contributed by atoms with Crippen LogP contribution in [0.4, 0.5) is 0 Å². The van der Waals surface area contributed by atoms with E-state index >= 15 is 0 Å². The molecule has 0 spiro atoms. The first-order chi connectivity index (χ1) is 8.39. The van der Waals surface area contributed by atoms with Gasteiger partial charge < -0.3 is 0 Å². The van der Waals surface area contributed by atoms with Crippen LogP contribution >= 0.6 is 0 Å². The van der Waals surface area contributed by atoms with Crippen LogP contribution in [-0.2, 0) is 10.1 Å². The Balaban J connectivity index is 0.000000199. The highest BCUT2D eigenvalue weighted by atomic mass is 32.2. The van der Waals surface area contributed by atoms with E-state index in [1.54, 1.807) is 18.3 Å². The monoisotopic (exact) mass is 265 g/mol. The van der Waals surface area contributed by atoms with E-state index in [0.717, 1.165) is 5.56 Å². The zero-order valence-electron chi connectivity index (χ0n) is 10.2. The molecule has 1 aromatic heterocycles. The minimum atomic E-state index is -4.02. The summed E-state index contributed by atoms with van der Waals surface area (Å²) in [6.45, 7) is 3.86. The van der Waals surface area contributed by atoms with Crippen molar-refractivity contribution in [1.82, 2.24) is 4.98 Å². The number of rotatable bonds is 1. The molecule has 0 unspecified atom stereocenters. The molecule has 4 nitrogen and oxygen atoms in total. The van der Waals surface area contributed by atoms with Gasteiger partial charge in [-0.1, -0.05) is 23.8 Å². The van der Waals surface area contributed by atoms with E-state index in [-0.39, 0.29) is 4.90 Å². The number of hydrogen-bond donors (Lipinski definition) is 1. The molecular formula is C13H15NO3S. The van der Waals surface area contributed by atoms with Crippen LogP contribution < -0.4 is 0 Å². The molecule has 0 aliphatic heterocycles. The topological polar surface area (TPSA) is 67.3 Å². The maximum atomic E-state index is 10.5. The number of benzene rings is 1. The maximum Gasteiger partial charge on any atom is 0.294 e. The second-order valence-electron chi connectivity index (χ2n) is 3.82. The molecule has 0 amide bonds. The molecule has 18 heavy (non-hydrogen) atoms. The largest absolute Gasteiger partial charge is 0.294 e. The molecule has 0 aliphatic carbocycles. The fourth-order valence-electron chi connectivity index (χ4n) is 1.16. The lowest BCUT2D eigenvalue weighted by Crippen LogP contribution is -1.96. The van der Waals surface area contributed by atoms with E-state index < -0.39 is 10.1 Å². The quantitative estimate of drug-likeness (QED) is 0.805. The molecule has 96 valence electrons. The molecule has 0 aliphatic rings. The minimum absolute atomic E-state index is 0.0666. The second-order valence-corrected chi connectivity index (χ2v) is 5.24. The van der Waals surface area contributed by atoms with Gasteiger partial charge in [0.25, 0.3) is 10.1 Å². The third kappa shape index (κ3) is 5.07. The molecule has 1 N–H and O–H groups in total. The lowest BCUT2D eigenvalue weighted by molar-refractivity contribution is 0.483. The molecule has 0 atom stereocenters. The highest BCUT2D eigenvalue weighted by Crippen LogP contribution is 2.08. The third-order valence-electron chi connectivity index (χ3n) is 2.13. The second kappa shape index (κ2) is 6.28. The fourth-order valence-corrected chi connectivity index (χ4v) is 1.64. The molecule has 1 aromatic carbocycles. The smallest absolute Gasteiger partial charge is 0.282 e. The number of aromatic nitrogens is 1. The first-order valence-corrected chi connectivity index (χ1v) is 6.74. The Hall–Kier alpha value is -1.72. The maximum absolute atomic E-state index is 10.5. The van der Waals surface area contributed by atoms with Crippen LogP contribution in [0.3, 0.4) is 0 Å². The van der Waals surface area contributed by atoms with E-state index in [9.17, 15) is 8.42 Å². The molecule has 5 heteroatoms. The minimum Gasteiger partial charge on any atom is -0.282 e. The number of aryl methyl sites for hydroxylation is 2. The Bertz CT molecular complexity index is 577. The van der Waals surface area contributed by atoms with E-state index in [1.807, 2.05) is 32.2 Å². The molecule has 1 heterocycles. The van der Waals surface area contributed by atoms with Crippen LogP contribution in [0.1, 0.15) is 11.1 Å². The summed E-state index contributed by atoms with van der Waals surface area (Å²) in [5.41, 5.74) is 2.17. The first kappa shape index (κ1) is 14.3. The van der Waals surface area contributed by atoms with Crippen molar-refractivity contribution in [1.29, 1.82) is 0 Å². The normalized spacial score (nSPS) is 10.4. The van der Waals surface area contributed by atoms with Crippen LogP contribution in [0.2, 0.25) is 0 Å². The van der Waals surface area contributed by atoms with Crippen LogP contribution in [-0.4, -0.2) is 18.0 Å². The van der Waals surface area contributed by atoms with Crippen molar-refractivity contribution < 1.29 is 13.0 Å². The molecule has 0 radical (unpaired) electrons. The standard InChI is InChI=1S/C7H8O3S.C6H7N/c1-6-2-4-7(5-3-6)11(8,9)10;1-6-3-2-4-7-5-6/h2-5H,1H3,(H,8,9,10);2-5H,1H3. The Morgan fingerprint density at radius 3 is 1.94 bits per heavy atom. The summed E-state index contributed by atoms with van der Waals surface area (Å²) < 4.78 is 29.6. The Kier molecular flexibility index (Phi) is 5.00. The van der Waals surface area contributed by atoms with E-state index in [0.29, 0.717) is 0 Å². The highest BCUT2D eigenvalue weighted by Gasteiger charge is 2.06. The Morgan fingerprint density at radius 2 is 1.61 bits per heavy atom. The average Bonchev–Trinajstić information content (AvgIpc) is 2.30. The lowest BCUT2D eigenvalue weighted by atomic mass is 10.2. The third-order valence-corrected chi connectivity index (χ3v) is 3.00. The van der Waals surface area contributed by atoms with Gasteiger partial charge in [-0.15, -0.1) is 0 Å². The molecule has 0 saturated heterocycles. The first-order valence-electron chi connectivity index (χ1n) is 5.30. The van der Waals surface area contributed by atoms with Gasteiger partial charge in [-0.2, -0.15) is 8.42 Å². The van der Waals surface area contributed by atoms with Crippen LogP contribution in [0, 0.1) is 13.8 Å². The predicted molar refractivity (Wildman–Crippen MR) is 70.0 cm³/mol. The SMILES string of the molecule is Cc1ccc(S(=O)(=O)O)cc1.Cc1cccnc1. The van der Waals surface area contributed by atoms with Gasteiger partial charge in [-0.25, -0.2) is 0 Å². The van der Waals surface area contributed by atoms with Gasteiger partial charge in [0.15, 0.2) is 0 Å². The summed E-state index contributed by atoms with van der Waals surface area (Å²) in [7, 11) is -4.02. The van der Waals surface area contributed by atoms with Crippen molar-refractivity contribution in [2.24, 2.45) is 0 Å². The molecule has 0 bridgehead atoms. The number of hydrogen-bond acceptors (Lipinski definition) is 3. The van der Waals surface area contributed by atoms with Crippen LogP contribution in [0.15, 0.2) is 53.7 Å². The summed E-state index contributed by atoms with van der Waals surface area (Å²) in [4.78, 5) is 3.82. The van der Waals surface area contributed by atoms with E-state index in [2.05, 4.69) is 4.98 Å². The van der Waals surface area contributed by atoms with Crippen molar-refractivity contribution in [3.63, 3.8) is 0 Å². The molecular weight excluding hydrogens is 250 g/mol. The molecule has 2 rings (SSSR count). The van der Waals surface area contributed by atoms with Crippen molar-refractivity contribution in [2.75, 3.05) is 0 Å². The molecule has 0 fully saturated rings. The van der Waals surface area contributed by atoms with Gasteiger partial charge in [0.05, 0.1) is 4.90 Å². The van der Waals surface area contributed by atoms with Crippen molar-refractivity contribution in [2.45, 2.75) is 18.7 Å². The van der Waals surface area contributed by atoms with Gasteiger partial charge in [-0.05, 0) is 37.6 Å². The predicted octanol–water partition coefficient (Wildman–Crippen LogP) is 2.63. The Morgan fingerprint density at radius 1 is 1.00 bits per heavy atom. The van der Waals surface area contributed by atoms with Gasteiger partial charge in [0.1, 0.15) is 0 Å². The Labute approximate surface area is 107 Å². The van der Waals surface area contributed by atoms with Crippen molar-refractivity contribution >= 4 is 10.1 Å². The summed E-state index contributed by atoms with van der Waals surface area (Å²) in [6.07, 6.45) is 3.60. The summed E-state index contributed by atoms with van der Waals surface area (Å²) in [6, 6.07) is 9.93. The van der Waals surface area contributed by atoms with Gasteiger partial charge in [-0.3, -0.25) is 9.54 Å². The van der Waals surface area contributed by atoms with Gasteiger partial charge >= 0.3 is 0 Å². The van der Waals surface area contributed by atoms with Gasteiger partial charge in [0, 0.05) is 12.4 Å². The zero-order valence-corrected chi connectivity index (χ0v) is 11.1. The molecule has 0 saturated carbocycles. The van der Waals surface area contributed by atoms with E-state index in [1.165, 1.54) is 17.7 Å². The highest BCUT2D eigenvalue weighted by molar-refractivity contribution is 7.85. The summed E-state index contributed by atoms with van der Waals surface area (Å²) >= 11 is 0. The lowest BCUT2D eigenvalue weighted by Gasteiger charge is -1.95. The van der Waals surface area contributed by atoms with Crippen LogP contribution in [0.5, 0.6) is 0 Å². The van der Waals surface area contributed by atoms with Crippen molar-refractivity contribution in [3.05, 3.63) is 59.9 Å². The average molecular weight is 265 g/mol. The van der Waals surface area contributed by atoms with E-state index in [4.69, 9.17) is 4.55 Å². The van der Waals surface area contributed by atoms with Crippen LogP contribution in [0.25, 0.3) is 0 Å². The number of pyridine rings is 1. The summed E-state index contributed by atoms with van der Waals surface area (Å²) in [5.74, 6) is 0. The van der Waals surface area contributed by atoms with Gasteiger partial charge in [0.2, 0.25) is 0 Å². The molecule has 2 aromatic rings.